The lowest BCUT2D eigenvalue weighted by atomic mass is 10.2. The molecular weight excluding hydrogens is 304 g/mol. The third-order valence-electron chi connectivity index (χ3n) is 5.01. The van der Waals surface area contributed by atoms with E-state index in [9.17, 15) is 4.79 Å². The minimum atomic E-state index is -2.00. The van der Waals surface area contributed by atoms with Crippen molar-refractivity contribution in [3.8, 4) is 0 Å². The fourth-order valence-electron chi connectivity index (χ4n) is 2.10. The van der Waals surface area contributed by atoms with Gasteiger partial charge in [-0.25, -0.2) is 0 Å². The third-order valence-corrected chi connectivity index (χ3v) is 13.0. The molecule has 0 spiro atoms. The molecular formula is C18H32O2Si2. The summed E-state index contributed by atoms with van der Waals surface area (Å²) in [4.78, 5) is 12.6. The van der Waals surface area contributed by atoms with Gasteiger partial charge in [0.1, 0.15) is 5.41 Å². The molecule has 0 saturated carbocycles. The second-order valence-electron chi connectivity index (χ2n) is 8.13. The van der Waals surface area contributed by atoms with Gasteiger partial charge in [-0.1, -0.05) is 69.4 Å². The van der Waals surface area contributed by atoms with Gasteiger partial charge in [-0.05, 0) is 24.6 Å². The third kappa shape index (κ3) is 4.90. The van der Waals surface area contributed by atoms with E-state index in [0.717, 1.165) is 6.42 Å². The quantitative estimate of drug-likeness (QED) is 0.541. The van der Waals surface area contributed by atoms with Crippen LogP contribution >= 0.6 is 0 Å². The number of hydrogen-bond donors (Lipinski definition) is 0. The Kier molecular flexibility index (Phi) is 6.36. The van der Waals surface area contributed by atoms with Crippen molar-refractivity contribution in [1.82, 2.24) is 0 Å². The van der Waals surface area contributed by atoms with Crippen LogP contribution in [0.25, 0.3) is 0 Å². The SMILES string of the molecule is CC(C)(C)[Si](C)(C)OCCCC(=O)[Si](C)(C)c1ccccc1. The Labute approximate surface area is 138 Å². The second-order valence-corrected chi connectivity index (χ2v) is 17.3. The number of rotatable bonds is 7. The van der Waals surface area contributed by atoms with Crippen LogP contribution in [0, 0.1) is 0 Å². The summed E-state index contributed by atoms with van der Waals surface area (Å²) in [5.41, 5.74) is 0. The molecule has 22 heavy (non-hydrogen) atoms. The Hall–Kier alpha value is -0.716. The smallest absolute Gasteiger partial charge is 0.191 e. The molecule has 124 valence electrons. The van der Waals surface area contributed by atoms with E-state index in [1.165, 1.54) is 5.19 Å². The second kappa shape index (κ2) is 7.24. The average Bonchev–Trinajstić information content (AvgIpc) is 2.43. The number of carbonyl (C=O) groups is 1. The van der Waals surface area contributed by atoms with Crippen molar-refractivity contribution in [3.05, 3.63) is 30.3 Å². The van der Waals surface area contributed by atoms with E-state index in [-0.39, 0.29) is 5.04 Å². The van der Waals surface area contributed by atoms with E-state index in [1.54, 1.807) is 0 Å². The van der Waals surface area contributed by atoms with Crippen molar-refractivity contribution >= 4 is 27.0 Å². The van der Waals surface area contributed by atoms with E-state index >= 15 is 0 Å². The molecule has 0 bridgehead atoms. The topological polar surface area (TPSA) is 26.3 Å². The van der Waals surface area contributed by atoms with Crippen LogP contribution in [0.1, 0.15) is 33.6 Å². The van der Waals surface area contributed by atoms with Crippen LogP contribution in [-0.4, -0.2) is 28.4 Å². The summed E-state index contributed by atoms with van der Waals surface area (Å²) in [6, 6.07) is 10.2. The highest BCUT2D eigenvalue weighted by Gasteiger charge is 2.37. The van der Waals surface area contributed by atoms with Gasteiger partial charge < -0.3 is 9.22 Å². The largest absolute Gasteiger partial charge is 0.417 e. The minimum Gasteiger partial charge on any atom is -0.417 e. The maximum absolute atomic E-state index is 12.6. The fourth-order valence-corrected chi connectivity index (χ4v) is 5.34. The predicted octanol–water partition coefficient (Wildman–Crippen LogP) is 4.51. The molecule has 0 aliphatic rings. The van der Waals surface area contributed by atoms with E-state index in [0.29, 0.717) is 18.4 Å². The maximum atomic E-state index is 12.6. The molecule has 0 amide bonds. The molecule has 0 heterocycles. The van der Waals surface area contributed by atoms with Gasteiger partial charge in [-0.2, -0.15) is 0 Å². The molecule has 0 aromatic heterocycles. The van der Waals surface area contributed by atoms with Crippen molar-refractivity contribution in [2.45, 2.75) is 64.8 Å². The van der Waals surface area contributed by atoms with Crippen molar-refractivity contribution in [2.75, 3.05) is 6.61 Å². The molecule has 0 atom stereocenters. The highest BCUT2D eigenvalue weighted by atomic mass is 28.4. The number of hydrogen-bond acceptors (Lipinski definition) is 2. The zero-order valence-corrected chi connectivity index (χ0v) is 17.3. The van der Waals surface area contributed by atoms with Crippen LogP contribution in [0.5, 0.6) is 0 Å². The first kappa shape index (κ1) is 19.3. The van der Waals surface area contributed by atoms with Gasteiger partial charge in [-0.15, -0.1) is 0 Å². The molecule has 0 aliphatic heterocycles. The lowest BCUT2D eigenvalue weighted by molar-refractivity contribution is -0.112. The maximum Gasteiger partial charge on any atom is 0.191 e. The molecule has 4 heteroatoms. The lowest BCUT2D eigenvalue weighted by Crippen LogP contribution is -2.49. The van der Waals surface area contributed by atoms with Crippen LogP contribution in [0.15, 0.2) is 30.3 Å². The van der Waals surface area contributed by atoms with Gasteiger partial charge in [0.15, 0.2) is 16.4 Å². The van der Waals surface area contributed by atoms with E-state index in [1.807, 2.05) is 18.2 Å². The number of benzene rings is 1. The van der Waals surface area contributed by atoms with Crippen molar-refractivity contribution in [3.63, 3.8) is 0 Å². The van der Waals surface area contributed by atoms with Crippen LogP contribution < -0.4 is 5.19 Å². The first-order valence-electron chi connectivity index (χ1n) is 8.21. The molecule has 0 aliphatic carbocycles. The monoisotopic (exact) mass is 336 g/mol. The predicted molar refractivity (Wildman–Crippen MR) is 101 cm³/mol. The Bertz CT molecular complexity index is 488. The molecule has 0 radical (unpaired) electrons. The molecule has 0 saturated heterocycles. The summed E-state index contributed by atoms with van der Waals surface area (Å²) in [5.74, 6) is 0. The summed E-state index contributed by atoms with van der Waals surface area (Å²) in [7, 11) is -3.69. The first-order valence-corrected chi connectivity index (χ1v) is 14.1. The van der Waals surface area contributed by atoms with Gasteiger partial charge in [-0.3, -0.25) is 0 Å². The molecule has 1 aromatic rings. The van der Waals surface area contributed by atoms with Gasteiger partial charge in [0.05, 0.1) is 0 Å². The van der Waals surface area contributed by atoms with Crippen molar-refractivity contribution in [1.29, 1.82) is 0 Å². The van der Waals surface area contributed by atoms with Crippen LogP contribution in [0.2, 0.25) is 31.2 Å². The first-order chi connectivity index (χ1) is 9.98. The van der Waals surface area contributed by atoms with Crippen LogP contribution in [-0.2, 0) is 9.22 Å². The van der Waals surface area contributed by atoms with E-state index < -0.39 is 16.4 Å². The number of carbonyl (C=O) groups excluding carboxylic acids is 1. The normalized spacial score (nSPS) is 13.2. The molecule has 0 N–H and O–H groups in total. The summed E-state index contributed by atoms with van der Waals surface area (Å²) in [5, 5.41) is 1.89. The van der Waals surface area contributed by atoms with Gasteiger partial charge >= 0.3 is 0 Å². The summed E-state index contributed by atoms with van der Waals surface area (Å²) in [6.07, 6.45) is 1.48. The Morgan fingerprint density at radius 1 is 1.05 bits per heavy atom. The Morgan fingerprint density at radius 3 is 2.09 bits per heavy atom. The van der Waals surface area contributed by atoms with E-state index in [4.69, 9.17) is 4.43 Å². The van der Waals surface area contributed by atoms with Crippen molar-refractivity contribution < 1.29 is 9.22 Å². The molecule has 1 rings (SSSR count). The highest BCUT2D eigenvalue weighted by Crippen LogP contribution is 2.36. The minimum absolute atomic E-state index is 0.231. The van der Waals surface area contributed by atoms with Gasteiger partial charge in [0.25, 0.3) is 0 Å². The zero-order valence-electron chi connectivity index (χ0n) is 15.3. The Morgan fingerprint density at radius 2 is 1.59 bits per heavy atom. The summed E-state index contributed by atoms with van der Waals surface area (Å²) in [6.45, 7) is 16.3. The van der Waals surface area contributed by atoms with Crippen LogP contribution in [0.3, 0.4) is 0 Å². The fraction of sp³-hybridized carbons (Fsp3) is 0.611. The van der Waals surface area contributed by atoms with E-state index in [2.05, 4.69) is 59.1 Å². The standard InChI is InChI=1S/C18H32O2Si2/c1-18(2,3)22(6,7)20-15-11-14-17(19)21(4,5)16-12-9-8-10-13-16/h8-10,12-13H,11,14-15H2,1-7H3. The molecule has 1 aromatic carbocycles. The Balaban J connectivity index is 2.51. The van der Waals surface area contributed by atoms with Crippen molar-refractivity contribution in [2.24, 2.45) is 0 Å². The van der Waals surface area contributed by atoms with Gasteiger partial charge in [0, 0.05) is 13.0 Å². The average molecular weight is 337 g/mol. The molecule has 2 nitrogen and oxygen atoms in total. The molecule has 0 unspecified atom stereocenters. The molecule has 0 fully saturated rings. The zero-order chi connectivity index (χ0) is 17.0. The van der Waals surface area contributed by atoms with Gasteiger partial charge in [0.2, 0.25) is 0 Å². The summed E-state index contributed by atoms with van der Waals surface area (Å²) >= 11 is 0. The summed E-state index contributed by atoms with van der Waals surface area (Å²) < 4.78 is 6.16. The van der Waals surface area contributed by atoms with Crippen LogP contribution in [0.4, 0.5) is 0 Å². The lowest BCUT2D eigenvalue weighted by Gasteiger charge is -2.36. The highest BCUT2D eigenvalue weighted by molar-refractivity contribution is 7.13.